The molecule has 3 saturated carbocycles. The molecule has 312 valence electrons. The van der Waals surface area contributed by atoms with Crippen molar-refractivity contribution in [2.75, 3.05) is 6.61 Å². The van der Waals surface area contributed by atoms with Gasteiger partial charge in [-0.2, -0.15) is 0 Å². The third-order valence-electron chi connectivity index (χ3n) is 15.6. The van der Waals surface area contributed by atoms with Crippen LogP contribution < -0.4 is 0 Å². The Labute approximate surface area is 330 Å². The van der Waals surface area contributed by atoms with E-state index in [4.69, 9.17) is 14.2 Å². The first-order chi connectivity index (χ1) is 25.9. The fraction of sp³-hybridized carbons (Fsp3) is 0.936. The summed E-state index contributed by atoms with van der Waals surface area (Å²) in [6, 6.07) is 0. The number of hydrogen-bond acceptors (Lipinski definition) is 7. The van der Waals surface area contributed by atoms with Crippen molar-refractivity contribution >= 4 is 5.97 Å². The van der Waals surface area contributed by atoms with Gasteiger partial charge in [0.15, 0.2) is 6.29 Å². The molecule has 0 aromatic rings. The van der Waals surface area contributed by atoms with Crippen molar-refractivity contribution in [2.24, 2.45) is 46.3 Å². The number of fused-ring (bicyclic) bond motifs is 5. The SMILES string of the molecule is CCCCCCCCCCCCCC(=O)OC[C@H]1O[C@@H](O[C@H]2CC[C@@]3(C)C(=CC[C@H]4[C@@H]5CC[C@H]([C@H](C)CCCC(C)C)[C@@]5(C)CC[C@@H]43)C2)[C@H](O)[C@@H](O)[C@@H]1O. The van der Waals surface area contributed by atoms with Gasteiger partial charge in [-0.1, -0.05) is 137 Å². The van der Waals surface area contributed by atoms with Crippen LogP contribution in [0.15, 0.2) is 11.6 Å². The van der Waals surface area contributed by atoms with Crippen LogP contribution >= 0.6 is 0 Å². The van der Waals surface area contributed by atoms with Gasteiger partial charge in [-0.3, -0.25) is 4.79 Å². The zero-order valence-corrected chi connectivity index (χ0v) is 35.5. The fourth-order valence-electron chi connectivity index (χ4n) is 12.3. The Balaban J connectivity index is 1.06. The molecular weight excluding hydrogens is 677 g/mol. The average molecular weight is 759 g/mol. The molecule has 13 atom stereocenters. The lowest BCUT2D eigenvalue weighted by molar-refractivity contribution is -0.313. The summed E-state index contributed by atoms with van der Waals surface area (Å²) in [7, 11) is 0. The van der Waals surface area contributed by atoms with Crippen LogP contribution in [-0.2, 0) is 19.0 Å². The smallest absolute Gasteiger partial charge is 0.305 e. The maximum absolute atomic E-state index is 12.5. The van der Waals surface area contributed by atoms with Crippen LogP contribution in [0.2, 0.25) is 0 Å². The molecule has 1 saturated heterocycles. The van der Waals surface area contributed by atoms with Crippen LogP contribution in [0.1, 0.15) is 189 Å². The zero-order valence-electron chi connectivity index (χ0n) is 35.5. The van der Waals surface area contributed by atoms with E-state index in [1.807, 2.05) is 0 Å². The van der Waals surface area contributed by atoms with Crippen molar-refractivity contribution in [1.29, 1.82) is 0 Å². The van der Waals surface area contributed by atoms with Crippen molar-refractivity contribution < 1.29 is 34.3 Å². The number of carbonyl (C=O) groups is 1. The molecule has 0 amide bonds. The largest absolute Gasteiger partial charge is 0.463 e. The topological polar surface area (TPSA) is 105 Å². The highest BCUT2D eigenvalue weighted by atomic mass is 16.7. The van der Waals surface area contributed by atoms with E-state index in [0.29, 0.717) is 17.8 Å². The van der Waals surface area contributed by atoms with Crippen molar-refractivity contribution in [3.63, 3.8) is 0 Å². The normalized spacial score (nSPS) is 38.4. The number of ether oxygens (including phenoxy) is 3. The lowest BCUT2D eigenvalue weighted by Gasteiger charge is -2.58. The van der Waals surface area contributed by atoms with E-state index in [0.717, 1.165) is 74.5 Å². The van der Waals surface area contributed by atoms with E-state index < -0.39 is 30.7 Å². The molecule has 0 aromatic heterocycles. The second-order valence-electron chi connectivity index (χ2n) is 19.8. The number of allylic oxidation sites excluding steroid dienone is 1. The Morgan fingerprint density at radius 2 is 1.50 bits per heavy atom. The van der Waals surface area contributed by atoms with Gasteiger partial charge < -0.3 is 29.5 Å². The summed E-state index contributed by atoms with van der Waals surface area (Å²) in [6.07, 6.45) is 23.4. The Bertz CT molecular complexity index is 1170. The van der Waals surface area contributed by atoms with Gasteiger partial charge in [-0.15, -0.1) is 0 Å². The molecule has 0 radical (unpaired) electrons. The van der Waals surface area contributed by atoms with E-state index in [-0.39, 0.29) is 24.1 Å². The maximum Gasteiger partial charge on any atom is 0.305 e. The molecule has 0 aromatic carbocycles. The van der Waals surface area contributed by atoms with Crippen LogP contribution in [-0.4, -0.2) is 64.7 Å². The highest BCUT2D eigenvalue weighted by molar-refractivity contribution is 5.69. The summed E-state index contributed by atoms with van der Waals surface area (Å²) in [5.74, 6) is 4.45. The van der Waals surface area contributed by atoms with Gasteiger partial charge in [0.05, 0.1) is 6.10 Å². The quantitative estimate of drug-likeness (QED) is 0.0608. The third kappa shape index (κ3) is 10.7. The number of carbonyl (C=O) groups excluding carboxylic acids is 1. The van der Waals surface area contributed by atoms with Crippen molar-refractivity contribution in [2.45, 2.75) is 226 Å². The van der Waals surface area contributed by atoms with Crippen molar-refractivity contribution in [3.8, 4) is 0 Å². The summed E-state index contributed by atoms with van der Waals surface area (Å²) in [5.41, 5.74) is 2.15. The lowest BCUT2D eigenvalue weighted by atomic mass is 9.47. The molecule has 4 aliphatic carbocycles. The van der Waals surface area contributed by atoms with Crippen LogP contribution in [0.4, 0.5) is 0 Å². The molecule has 54 heavy (non-hydrogen) atoms. The van der Waals surface area contributed by atoms with Gasteiger partial charge in [0.2, 0.25) is 0 Å². The number of aliphatic hydroxyl groups is 3. The standard InChI is InChI=1S/C47H82O7/c1-7-8-9-10-11-12-13-14-15-16-17-21-41(48)52-31-40-42(49)43(50)44(51)45(54-40)53-35-26-28-46(5)34(30-35)22-23-36-38-25-24-37(33(4)20-18-19-32(2)3)47(38,6)29-27-39(36)46/h22,32-33,35-40,42-45,49-51H,7-21,23-31H2,1-6H3/t33-,35+,36+,37-,38+,39+,40-,42-,43+,44-,45-,46+,47-/m1/s1. The summed E-state index contributed by atoms with van der Waals surface area (Å²) < 4.78 is 18.0. The van der Waals surface area contributed by atoms with Gasteiger partial charge in [-0.25, -0.2) is 0 Å². The molecule has 5 aliphatic rings. The summed E-state index contributed by atoms with van der Waals surface area (Å²) in [6.45, 7) is 14.5. The van der Waals surface area contributed by atoms with E-state index >= 15 is 0 Å². The summed E-state index contributed by atoms with van der Waals surface area (Å²) in [5, 5.41) is 32.4. The summed E-state index contributed by atoms with van der Waals surface area (Å²) in [4.78, 5) is 12.5. The van der Waals surface area contributed by atoms with Crippen LogP contribution in [0.3, 0.4) is 0 Å². The van der Waals surface area contributed by atoms with E-state index in [1.165, 1.54) is 102 Å². The van der Waals surface area contributed by atoms with Crippen LogP contribution in [0.5, 0.6) is 0 Å². The molecule has 7 nitrogen and oxygen atoms in total. The van der Waals surface area contributed by atoms with Gasteiger partial charge in [0, 0.05) is 6.42 Å². The first-order valence-electron chi connectivity index (χ1n) is 23.1. The predicted octanol–water partition coefficient (Wildman–Crippen LogP) is 10.5. The summed E-state index contributed by atoms with van der Waals surface area (Å²) >= 11 is 0. The monoisotopic (exact) mass is 759 g/mol. The van der Waals surface area contributed by atoms with Gasteiger partial charge >= 0.3 is 5.97 Å². The molecule has 0 unspecified atom stereocenters. The van der Waals surface area contributed by atoms with Gasteiger partial charge in [-0.05, 0) is 104 Å². The number of hydrogen-bond donors (Lipinski definition) is 3. The van der Waals surface area contributed by atoms with Gasteiger partial charge in [0.25, 0.3) is 0 Å². The average Bonchev–Trinajstić information content (AvgIpc) is 3.50. The minimum Gasteiger partial charge on any atom is -0.463 e. The predicted molar refractivity (Wildman–Crippen MR) is 217 cm³/mol. The van der Waals surface area contributed by atoms with E-state index in [2.05, 4.69) is 47.6 Å². The van der Waals surface area contributed by atoms with Crippen LogP contribution in [0.25, 0.3) is 0 Å². The first kappa shape index (κ1) is 44.1. The second kappa shape index (κ2) is 20.6. The number of unbranched alkanes of at least 4 members (excludes halogenated alkanes) is 10. The van der Waals surface area contributed by atoms with Gasteiger partial charge in [0.1, 0.15) is 31.0 Å². The molecule has 0 spiro atoms. The molecular formula is C47H82O7. The van der Waals surface area contributed by atoms with Crippen molar-refractivity contribution in [1.82, 2.24) is 0 Å². The Hall–Kier alpha value is -0.990. The molecule has 5 rings (SSSR count). The third-order valence-corrected chi connectivity index (χ3v) is 15.6. The molecule has 7 heteroatoms. The highest BCUT2D eigenvalue weighted by Gasteiger charge is 2.59. The first-order valence-corrected chi connectivity index (χ1v) is 23.1. The van der Waals surface area contributed by atoms with Crippen molar-refractivity contribution in [3.05, 3.63) is 11.6 Å². The van der Waals surface area contributed by atoms with E-state index in [1.54, 1.807) is 0 Å². The van der Waals surface area contributed by atoms with Crippen LogP contribution in [0, 0.1) is 46.3 Å². The minimum absolute atomic E-state index is 0.136. The molecule has 3 N–H and O–H groups in total. The molecule has 1 heterocycles. The maximum atomic E-state index is 12.5. The molecule has 1 aliphatic heterocycles. The van der Waals surface area contributed by atoms with E-state index in [9.17, 15) is 20.1 Å². The number of aliphatic hydroxyl groups excluding tert-OH is 3. The molecule has 0 bridgehead atoms. The second-order valence-corrected chi connectivity index (χ2v) is 19.8. The Morgan fingerprint density at radius 3 is 2.19 bits per heavy atom. The molecule has 4 fully saturated rings. The Kier molecular flexibility index (Phi) is 16.8. The zero-order chi connectivity index (χ0) is 38.9. The number of rotatable bonds is 21. The Morgan fingerprint density at radius 1 is 0.815 bits per heavy atom. The lowest BCUT2D eigenvalue weighted by Crippen LogP contribution is -2.60. The number of esters is 1. The highest BCUT2D eigenvalue weighted by Crippen LogP contribution is 2.67. The fourth-order valence-corrected chi connectivity index (χ4v) is 12.3. The minimum atomic E-state index is -1.44.